The monoisotopic (exact) mass is 297 g/mol. The van der Waals surface area contributed by atoms with E-state index >= 15 is 0 Å². The summed E-state index contributed by atoms with van der Waals surface area (Å²) in [7, 11) is 0. The fourth-order valence-corrected chi connectivity index (χ4v) is 2.35. The van der Waals surface area contributed by atoms with E-state index in [-0.39, 0.29) is 11.7 Å². The molecule has 4 heteroatoms. The number of hydrogen-bond donors (Lipinski definition) is 2. The molecule has 0 heterocycles. The third-order valence-corrected chi connectivity index (χ3v) is 3.53. The lowest BCUT2D eigenvalue weighted by molar-refractivity contribution is 0.102. The number of phenolic OH excluding ortho intramolecular Hbond substituents is 1. The summed E-state index contributed by atoms with van der Waals surface area (Å²) < 4.78 is 0. The average molecular weight is 298 g/mol. The molecule has 21 heavy (non-hydrogen) atoms. The molecular formula is C17H12ClNO2. The van der Waals surface area contributed by atoms with Crippen LogP contribution >= 0.6 is 11.6 Å². The lowest BCUT2D eigenvalue weighted by Crippen LogP contribution is -2.12. The van der Waals surface area contributed by atoms with E-state index in [1.807, 2.05) is 36.4 Å². The zero-order valence-corrected chi connectivity index (χ0v) is 11.8. The van der Waals surface area contributed by atoms with Gasteiger partial charge in [0.2, 0.25) is 0 Å². The topological polar surface area (TPSA) is 49.3 Å². The second-order valence-corrected chi connectivity index (χ2v) is 5.09. The van der Waals surface area contributed by atoms with Gasteiger partial charge in [0.05, 0.1) is 10.7 Å². The van der Waals surface area contributed by atoms with Gasteiger partial charge in [0, 0.05) is 11.6 Å². The Labute approximate surface area is 126 Å². The number of benzene rings is 3. The Hall–Kier alpha value is -2.52. The summed E-state index contributed by atoms with van der Waals surface area (Å²) in [5.41, 5.74) is 1.02. The molecule has 0 aliphatic rings. The summed E-state index contributed by atoms with van der Waals surface area (Å²) in [5.74, 6) is -0.183. The van der Waals surface area contributed by atoms with Crippen LogP contribution in [0.25, 0.3) is 10.8 Å². The van der Waals surface area contributed by atoms with Crippen molar-refractivity contribution in [1.82, 2.24) is 0 Å². The zero-order chi connectivity index (χ0) is 14.8. The van der Waals surface area contributed by atoms with Gasteiger partial charge in [-0.05, 0) is 35.0 Å². The molecule has 0 atom stereocenters. The molecule has 0 radical (unpaired) electrons. The molecule has 104 valence electrons. The quantitative estimate of drug-likeness (QED) is 0.687. The molecule has 0 aliphatic heterocycles. The van der Waals surface area contributed by atoms with Crippen molar-refractivity contribution in [1.29, 1.82) is 0 Å². The van der Waals surface area contributed by atoms with Gasteiger partial charge in [-0.1, -0.05) is 41.9 Å². The number of fused-ring (bicyclic) bond motifs is 1. The summed E-state index contributed by atoms with van der Waals surface area (Å²) in [4.78, 5) is 12.3. The predicted molar refractivity (Wildman–Crippen MR) is 85.0 cm³/mol. The summed E-state index contributed by atoms with van der Waals surface area (Å²) in [6.45, 7) is 0. The van der Waals surface area contributed by atoms with E-state index < -0.39 is 0 Å². The van der Waals surface area contributed by atoms with Crippen LogP contribution in [0.4, 0.5) is 5.69 Å². The molecular weight excluding hydrogens is 286 g/mol. The van der Waals surface area contributed by atoms with Crippen LogP contribution in [0.5, 0.6) is 5.75 Å². The standard InChI is InChI=1S/C17H12ClNO2/c18-15-10-14(20)7-8-16(15)19-17(21)13-6-5-11-3-1-2-4-12(11)9-13/h1-10,20H,(H,19,21). The Morgan fingerprint density at radius 2 is 1.71 bits per heavy atom. The number of nitrogens with one attached hydrogen (secondary N) is 1. The molecule has 0 bridgehead atoms. The van der Waals surface area contributed by atoms with Gasteiger partial charge in [0.15, 0.2) is 0 Å². The van der Waals surface area contributed by atoms with Crippen LogP contribution in [-0.2, 0) is 0 Å². The first-order valence-corrected chi connectivity index (χ1v) is 6.80. The highest BCUT2D eigenvalue weighted by Crippen LogP contribution is 2.26. The van der Waals surface area contributed by atoms with Crippen molar-refractivity contribution in [2.75, 3.05) is 5.32 Å². The Bertz CT molecular complexity index is 830. The van der Waals surface area contributed by atoms with E-state index in [0.29, 0.717) is 16.3 Å². The number of amides is 1. The first-order chi connectivity index (χ1) is 10.1. The molecule has 0 unspecified atom stereocenters. The van der Waals surface area contributed by atoms with Gasteiger partial charge in [0.25, 0.3) is 5.91 Å². The van der Waals surface area contributed by atoms with Crippen molar-refractivity contribution < 1.29 is 9.90 Å². The molecule has 0 fully saturated rings. The third-order valence-electron chi connectivity index (χ3n) is 3.21. The predicted octanol–water partition coefficient (Wildman–Crippen LogP) is 4.45. The molecule has 0 spiro atoms. The van der Waals surface area contributed by atoms with E-state index in [1.54, 1.807) is 12.1 Å². The van der Waals surface area contributed by atoms with Crippen LogP contribution in [0.15, 0.2) is 60.7 Å². The van der Waals surface area contributed by atoms with Crippen molar-refractivity contribution in [3.05, 3.63) is 71.2 Å². The Morgan fingerprint density at radius 3 is 2.48 bits per heavy atom. The van der Waals surface area contributed by atoms with Crippen LogP contribution in [0.1, 0.15) is 10.4 Å². The van der Waals surface area contributed by atoms with Crippen LogP contribution in [0, 0.1) is 0 Å². The van der Waals surface area contributed by atoms with E-state index in [9.17, 15) is 9.90 Å². The van der Waals surface area contributed by atoms with Crippen LogP contribution in [-0.4, -0.2) is 11.0 Å². The van der Waals surface area contributed by atoms with Crippen molar-refractivity contribution in [2.24, 2.45) is 0 Å². The minimum Gasteiger partial charge on any atom is -0.508 e. The fourth-order valence-electron chi connectivity index (χ4n) is 2.13. The maximum Gasteiger partial charge on any atom is 0.255 e. The van der Waals surface area contributed by atoms with Crippen LogP contribution in [0.2, 0.25) is 5.02 Å². The van der Waals surface area contributed by atoms with Crippen LogP contribution < -0.4 is 5.32 Å². The first-order valence-electron chi connectivity index (χ1n) is 6.42. The number of carbonyl (C=O) groups excluding carboxylic acids is 1. The Morgan fingerprint density at radius 1 is 0.952 bits per heavy atom. The van der Waals surface area contributed by atoms with Gasteiger partial charge in [-0.3, -0.25) is 4.79 Å². The SMILES string of the molecule is O=C(Nc1ccc(O)cc1Cl)c1ccc2ccccc2c1. The van der Waals surface area contributed by atoms with E-state index in [1.165, 1.54) is 12.1 Å². The minimum absolute atomic E-state index is 0.0590. The van der Waals surface area contributed by atoms with Crippen molar-refractivity contribution >= 4 is 34.0 Å². The largest absolute Gasteiger partial charge is 0.508 e. The maximum atomic E-state index is 12.3. The lowest BCUT2D eigenvalue weighted by atomic mass is 10.1. The molecule has 3 nitrogen and oxygen atoms in total. The molecule has 3 aromatic rings. The number of rotatable bonds is 2. The average Bonchev–Trinajstić information content (AvgIpc) is 2.49. The number of hydrogen-bond acceptors (Lipinski definition) is 2. The molecule has 1 amide bonds. The fraction of sp³-hybridized carbons (Fsp3) is 0. The van der Waals surface area contributed by atoms with Gasteiger partial charge in [-0.2, -0.15) is 0 Å². The zero-order valence-electron chi connectivity index (χ0n) is 11.0. The summed E-state index contributed by atoms with van der Waals surface area (Å²) in [6.07, 6.45) is 0. The molecule has 0 saturated heterocycles. The van der Waals surface area contributed by atoms with E-state index in [2.05, 4.69) is 5.32 Å². The van der Waals surface area contributed by atoms with Crippen molar-refractivity contribution in [3.8, 4) is 5.75 Å². The van der Waals surface area contributed by atoms with Gasteiger partial charge < -0.3 is 10.4 Å². The number of phenols is 1. The highest BCUT2D eigenvalue weighted by atomic mass is 35.5. The number of carbonyl (C=O) groups is 1. The Kier molecular flexibility index (Phi) is 3.50. The highest BCUT2D eigenvalue weighted by molar-refractivity contribution is 6.34. The van der Waals surface area contributed by atoms with E-state index in [0.717, 1.165) is 10.8 Å². The second-order valence-electron chi connectivity index (χ2n) is 4.68. The number of halogens is 1. The first kappa shape index (κ1) is 13.5. The maximum absolute atomic E-state index is 12.3. The highest BCUT2D eigenvalue weighted by Gasteiger charge is 2.09. The second kappa shape index (κ2) is 5.46. The van der Waals surface area contributed by atoms with Gasteiger partial charge in [-0.25, -0.2) is 0 Å². The van der Waals surface area contributed by atoms with E-state index in [4.69, 9.17) is 11.6 Å². The molecule has 0 aliphatic carbocycles. The summed E-state index contributed by atoms with van der Waals surface area (Å²) >= 11 is 5.98. The number of anilines is 1. The summed E-state index contributed by atoms with van der Waals surface area (Å²) in [5, 5.41) is 14.4. The summed E-state index contributed by atoms with van der Waals surface area (Å²) in [6, 6.07) is 17.8. The Balaban J connectivity index is 1.89. The molecule has 0 saturated carbocycles. The van der Waals surface area contributed by atoms with Gasteiger partial charge in [-0.15, -0.1) is 0 Å². The molecule has 0 aromatic heterocycles. The van der Waals surface area contributed by atoms with Crippen molar-refractivity contribution in [2.45, 2.75) is 0 Å². The smallest absolute Gasteiger partial charge is 0.255 e. The van der Waals surface area contributed by atoms with Gasteiger partial charge >= 0.3 is 0 Å². The lowest BCUT2D eigenvalue weighted by Gasteiger charge is -2.08. The third kappa shape index (κ3) is 2.83. The molecule has 3 rings (SSSR count). The van der Waals surface area contributed by atoms with Crippen LogP contribution in [0.3, 0.4) is 0 Å². The number of aromatic hydroxyl groups is 1. The normalized spacial score (nSPS) is 10.5. The van der Waals surface area contributed by atoms with Crippen molar-refractivity contribution in [3.63, 3.8) is 0 Å². The van der Waals surface area contributed by atoms with Gasteiger partial charge in [0.1, 0.15) is 5.75 Å². The minimum atomic E-state index is -0.242. The molecule has 2 N–H and O–H groups in total. The molecule has 3 aromatic carbocycles.